The third kappa shape index (κ3) is 4.82. The first-order valence-electron chi connectivity index (χ1n) is 12.5. The summed E-state index contributed by atoms with van der Waals surface area (Å²) in [5.41, 5.74) is 3.32. The number of aromatic nitrogens is 1. The number of amides is 1. The molecule has 3 aromatic rings. The first-order chi connectivity index (χ1) is 16.8. The molecule has 1 atom stereocenters. The van der Waals surface area contributed by atoms with Crippen LogP contribution in [-0.2, 0) is 21.4 Å². The quantitative estimate of drug-likeness (QED) is 0.540. The van der Waals surface area contributed by atoms with E-state index in [1.165, 1.54) is 11.3 Å². The largest absolute Gasteiger partial charge is 0.365 e. The van der Waals surface area contributed by atoms with Crippen LogP contribution in [0.5, 0.6) is 0 Å². The molecule has 0 radical (unpaired) electrons. The Labute approximate surface area is 208 Å². The fraction of sp³-hybridized carbons (Fsp3) is 0.444. The summed E-state index contributed by atoms with van der Waals surface area (Å²) in [6.45, 7) is 7.87. The molecule has 186 valence electrons. The Morgan fingerprint density at radius 1 is 0.971 bits per heavy atom. The van der Waals surface area contributed by atoms with Gasteiger partial charge in [0.25, 0.3) is 0 Å². The van der Waals surface area contributed by atoms with Gasteiger partial charge in [0.1, 0.15) is 6.54 Å². The second-order valence-corrected chi connectivity index (χ2v) is 11.8. The van der Waals surface area contributed by atoms with Crippen molar-refractivity contribution in [1.82, 2.24) is 13.8 Å². The second kappa shape index (κ2) is 9.66. The zero-order chi connectivity index (χ0) is 24.6. The summed E-state index contributed by atoms with van der Waals surface area (Å²) in [7, 11) is -3.48. The first kappa shape index (κ1) is 23.9. The van der Waals surface area contributed by atoms with E-state index < -0.39 is 10.0 Å². The van der Waals surface area contributed by atoms with E-state index in [9.17, 15) is 13.2 Å². The Kier molecular flexibility index (Phi) is 6.59. The maximum Gasteiger partial charge on any atom is 0.243 e. The minimum absolute atomic E-state index is 0.0863. The van der Waals surface area contributed by atoms with E-state index in [-0.39, 0.29) is 18.5 Å². The summed E-state index contributed by atoms with van der Waals surface area (Å²) in [6, 6.07) is 15.9. The van der Waals surface area contributed by atoms with Gasteiger partial charge in [0.15, 0.2) is 0 Å². The van der Waals surface area contributed by atoms with Crippen molar-refractivity contribution in [3.05, 3.63) is 60.3 Å². The van der Waals surface area contributed by atoms with Gasteiger partial charge >= 0.3 is 0 Å². The first-order valence-corrected chi connectivity index (χ1v) is 14.0. The van der Waals surface area contributed by atoms with E-state index >= 15 is 0 Å². The Morgan fingerprint density at radius 2 is 1.77 bits per heavy atom. The molecule has 2 saturated heterocycles. The molecular weight excluding hydrogens is 460 g/mol. The van der Waals surface area contributed by atoms with Crippen molar-refractivity contribution in [2.45, 2.75) is 50.6 Å². The number of piperazine rings is 1. The number of hydrogen-bond donors (Lipinski definition) is 0. The zero-order valence-electron chi connectivity index (χ0n) is 20.6. The van der Waals surface area contributed by atoms with Gasteiger partial charge in [-0.05, 0) is 68.7 Å². The maximum atomic E-state index is 13.2. The molecule has 2 aromatic carbocycles. The van der Waals surface area contributed by atoms with E-state index in [1.54, 1.807) is 16.4 Å². The van der Waals surface area contributed by atoms with Gasteiger partial charge in [-0.1, -0.05) is 18.6 Å². The highest BCUT2D eigenvalue weighted by Crippen LogP contribution is 2.26. The van der Waals surface area contributed by atoms with E-state index in [0.717, 1.165) is 36.7 Å². The van der Waals surface area contributed by atoms with Crippen molar-refractivity contribution in [3.63, 3.8) is 0 Å². The van der Waals surface area contributed by atoms with Crippen LogP contribution < -0.4 is 4.90 Å². The lowest BCUT2D eigenvalue weighted by Crippen LogP contribution is -2.54. The molecule has 2 aliphatic rings. The number of anilines is 1. The number of sulfonamides is 1. The van der Waals surface area contributed by atoms with Crippen LogP contribution in [0.4, 0.5) is 5.69 Å². The predicted molar refractivity (Wildman–Crippen MR) is 139 cm³/mol. The number of carbonyl (C=O) groups is 1. The Hall–Kier alpha value is -2.84. The van der Waals surface area contributed by atoms with Crippen molar-refractivity contribution in [3.8, 4) is 0 Å². The highest BCUT2D eigenvalue weighted by Gasteiger charge is 2.28. The van der Waals surface area contributed by atoms with Crippen LogP contribution in [0.15, 0.2) is 59.6 Å². The number of hydrogen-bond acceptors (Lipinski definition) is 4. The lowest BCUT2D eigenvalue weighted by atomic mass is 10.1. The molecule has 0 unspecified atom stereocenters. The molecule has 8 heteroatoms. The van der Waals surface area contributed by atoms with Gasteiger partial charge in [-0.3, -0.25) is 4.79 Å². The molecule has 1 aromatic heterocycles. The normalized spacial score (nSPS) is 19.9. The van der Waals surface area contributed by atoms with E-state index in [4.69, 9.17) is 0 Å². The van der Waals surface area contributed by atoms with Crippen LogP contribution in [0.3, 0.4) is 0 Å². The van der Waals surface area contributed by atoms with Gasteiger partial charge in [0.05, 0.1) is 4.90 Å². The number of piperidine rings is 1. The lowest BCUT2D eigenvalue weighted by molar-refractivity contribution is -0.132. The number of rotatable bonds is 5. The summed E-state index contributed by atoms with van der Waals surface area (Å²) in [6.07, 6.45) is 4.80. The van der Waals surface area contributed by atoms with Crippen LogP contribution in [0, 0.1) is 6.92 Å². The van der Waals surface area contributed by atoms with Gasteiger partial charge in [0.2, 0.25) is 15.9 Å². The number of fused-ring (bicyclic) bond motifs is 1. The molecule has 0 N–H and O–H groups in total. The molecule has 2 fully saturated rings. The van der Waals surface area contributed by atoms with Crippen LogP contribution >= 0.6 is 0 Å². The Balaban J connectivity index is 1.27. The number of aryl methyl sites for hydroxylation is 1. The summed E-state index contributed by atoms with van der Waals surface area (Å²) < 4.78 is 29.6. The van der Waals surface area contributed by atoms with Crippen molar-refractivity contribution in [2.24, 2.45) is 0 Å². The van der Waals surface area contributed by atoms with Crippen molar-refractivity contribution < 1.29 is 13.2 Å². The summed E-state index contributed by atoms with van der Waals surface area (Å²) in [5, 5.41) is 0.841. The third-order valence-electron chi connectivity index (χ3n) is 7.31. The summed E-state index contributed by atoms with van der Waals surface area (Å²) in [5.74, 6) is 0.0863. The molecule has 1 amide bonds. The van der Waals surface area contributed by atoms with Gasteiger partial charge < -0.3 is 14.4 Å². The predicted octanol–water partition coefficient (Wildman–Crippen LogP) is 3.86. The third-order valence-corrected chi connectivity index (χ3v) is 9.21. The average Bonchev–Trinajstić information content (AvgIpc) is 3.26. The molecule has 2 aliphatic heterocycles. The fourth-order valence-electron chi connectivity index (χ4n) is 5.35. The minimum Gasteiger partial charge on any atom is -0.365 e. The maximum absolute atomic E-state index is 13.2. The Bertz CT molecular complexity index is 1330. The molecule has 35 heavy (non-hydrogen) atoms. The lowest BCUT2D eigenvalue weighted by Gasteiger charge is -2.41. The molecule has 7 nitrogen and oxygen atoms in total. The second-order valence-electron chi connectivity index (χ2n) is 9.85. The van der Waals surface area contributed by atoms with Crippen molar-refractivity contribution in [1.29, 1.82) is 0 Å². The SMILES string of the molecule is Cc1cccc(N2CCN(C(=O)Cn3ccc4cc(S(=O)(=O)N5CCCCC5)ccc43)C[C@H]2C)c1. The smallest absolute Gasteiger partial charge is 0.243 e. The molecule has 3 heterocycles. The van der Waals surface area contributed by atoms with Crippen LogP contribution in [0.1, 0.15) is 31.7 Å². The van der Waals surface area contributed by atoms with Crippen LogP contribution in [0.2, 0.25) is 0 Å². The minimum atomic E-state index is -3.48. The summed E-state index contributed by atoms with van der Waals surface area (Å²) in [4.78, 5) is 17.8. The zero-order valence-corrected chi connectivity index (χ0v) is 21.4. The monoisotopic (exact) mass is 494 g/mol. The molecule has 0 saturated carbocycles. The number of nitrogens with zero attached hydrogens (tertiary/aromatic N) is 4. The van der Waals surface area contributed by atoms with E-state index in [1.807, 2.05) is 27.8 Å². The van der Waals surface area contributed by atoms with Crippen molar-refractivity contribution in [2.75, 3.05) is 37.6 Å². The van der Waals surface area contributed by atoms with Gasteiger partial charge in [-0.15, -0.1) is 0 Å². The number of carbonyl (C=O) groups excluding carboxylic acids is 1. The molecule has 0 aliphatic carbocycles. The van der Waals surface area contributed by atoms with E-state index in [0.29, 0.717) is 31.1 Å². The van der Waals surface area contributed by atoms with Crippen LogP contribution in [-0.4, -0.2) is 66.9 Å². The van der Waals surface area contributed by atoms with Crippen LogP contribution in [0.25, 0.3) is 10.9 Å². The van der Waals surface area contributed by atoms with E-state index in [2.05, 4.69) is 43.0 Å². The average molecular weight is 495 g/mol. The van der Waals surface area contributed by atoms with Crippen molar-refractivity contribution >= 4 is 32.5 Å². The molecular formula is C27H34N4O3S. The van der Waals surface area contributed by atoms with Gasteiger partial charge in [-0.2, -0.15) is 4.31 Å². The number of benzene rings is 2. The molecule has 5 rings (SSSR count). The topological polar surface area (TPSA) is 65.9 Å². The standard InChI is InChI=1S/C27H34N4O3S/c1-21-7-6-8-24(17-21)31-16-15-29(19-22(31)2)27(32)20-28-14-11-23-18-25(9-10-26(23)28)35(33,34)30-12-4-3-5-13-30/h6-11,14,17-18,22H,3-5,12-13,15-16,19-20H2,1-2H3/t22-/m1/s1. The molecule has 0 spiro atoms. The Morgan fingerprint density at radius 3 is 2.51 bits per heavy atom. The molecule has 0 bridgehead atoms. The van der Waals surface area contributed by atoms with Gasteiger partial charge in [-0.25, -0.2) is 8.42 Å². The highest BCUT2D eigenvalue weighted by atomic mass is 32.2. The fourth-order valence-corrected chi connectivity index (χ4v) is 6.90. The summed E-state index contributed by atoms with van der Waals surface area (Å²) >= 11 is 0. The highest BCUT2D eigenvalue weighted by molar-refractivity contribution is 7.89. The van der Waals surface area contributed by atoms with Gasteiger partial charge in [0, 0.05) is 61.6 Å².